The average Bonchev–Trinajstić information content (AvgIpc) is 3.46. The number of benzene rings is 2. The SMILES string of the molecule is COC(=O)OCOc1c2n(ccc1=O)N([C@H]1c3ccccc3-c3ccsc3-c3ccccc31)[C@@H]1COCCN1C2=O. The van der Waals surface area contributed by atoms with E-state index in [4.69, 9.17) is 14.2 Å². The number of amides is 1. The highest BCUT2D eigenvalue weighted by molar-refractivity contribution is 7.14. The molecule has 2 aliphatic heterocycles. The summed E-state index contributed by atoms with van der Waals surface area (Å²) in [6.45, 7) is 0.393. The molecule has 1 aliphatic carbocycles. The number of morpholine rings is 1. The topological polar surface area (TPSA) is 99.5 Å². The second-order valence-electron chi connectivity index (χ2n) is 9.74. The number of aromatic nitrogens is 1. The fourth-order valence-electron chi connectivity index (χ4n) is 5.96. The largest absolute Gasteiger partial charge is 0.510 e. The second-order valence-corrected chi connectivity index (χ2v) is 10.7. The number of nitrogens with zero attached hydrogens (tertiary/aromatic N) is 3. The molecule has 2 aromatic carbocycles. The van der Waals surface area contributed by atoms with E-state index in [0.29, 0.717) is 13.2 Å². The Morgan fingerprint density at radius 2 is 1.76 bits per heavy atom. The van der Waals surface area contributed by atoms with Crippen LogP contribution in [0.25, 0.3) is 21.6 Å². The number of ether oxygens (including phenoxy) is 4. The van der Waals surface area contributed by atoms with Crippen LogP contribution in [0.1, 0.15) is 27.7 Å². The fraction of sp³-hybridized carbons (Fsp3) is 0.233. The zero-order chi connectivity index (χ0) is 28.1. The summed E-state index contributed by atoms with van der Waals surface area (Å²) >= 11 is 1.69. The number of carbonyl (C=O) groups excluding carboxylic acids is 2. The van der Waals surface area contributed by atoms with Gasteiger partial charge in [-0.15, -0.1) is 11.3 Å². The van der Waals surface area contributed by atoms with Gasteiger partial charge in [-0.05, 0) is 33.7 Å². The highest BCUT2D eigenvalue weighted by atomic mass is 32.1. The third kappa shape index (κ3) is 3.99. The van der Waals surface area contributed by atoms with Gasteiger partial charge < -0.3 is 23.8 Å². The van der Waals surface area contributed by atoms with E-state index >= 15 is 0 Å². The summed E-state index contributed by atoms with van der Waals surface area (Å²) in [4.78, 5) is 41.5. The van der Waals surface area contributed by atoms with Crippen LogP contribution >= 0.6 is 11.3 Å². The van der Waals surface area contributed by atoms with E-state index in [1.165, 1.54) is 18.1 Å². The van der Waals surface area contributed by atoms with Crippen molar-refractivity contribution >= 4 is 23.4 Å². The lowest BCUT2D eigenvalue weighted by Crippen LogP contribution is -2.66. The van der Waals surface area contributed by atoms with Crippen molar-refractivity contribution in [2.75, 3.05) is 38.7 Å². The summed E-state index contributed by atoms with van der Waals surface area (Å²) in [5, 5.41) is 4.20. The van der Waals surface area contributed by atoms with Crippen molar-refractivity contribution in [2.45, 2.75) is 12.2 Å². The Kier molecular flexibility index (Phi) is 6.25. The standard InChI is InChI=1S/C30H25N3O7S/c1-37-30(36)40-17-39-27-23(34)10-12-32-26(27)29(35)31-13-14-38-16-24(31)33(32)25-19-7-3-2-6-18(19)22-11-15-41-28(22)21-9-5-4-8-20(21)25/h2-12,15,24-25H,13-14,16-17H2,1H3/t24-,25+/m1/s1. The molecule has 0 radical (unpaired) electrons. The molecule has 0 N–H and O–H groups in total. The normalized spacial score (nSPS) is 18.7. The maximum Gasteiger partial charge on any atom is 0.510 e. The van der Waals surface area contributed by atoms with Gasteiger partial charge in [-0.3, -0.25) is 19.3 Å². The second kappa shape index (κ2) is 10.1. The summed E-state index contributed by atoms with van der Waals surface area (Å²) < 4.78 is 22.6. The van der Waals surface area contributed by atoms with E-state index in [2.05, 4.69) is 45.5 Å². The molecule has 41 heavy (non-hydrogen) atoms. The molecule has 4 aromatic rings. The quantitative estimate of drug-likeness (QED) is 0.265. The molecule has 208 valence electrons. The van der Waals surface area contributed by atoms with E-state index in [0.717, 1.165) is 27.8 Å². The minimum atomic E-state index is -0.963. The fourth-order valence-corrected chi connectivity index (χ4v) is 6.92. The van der Waals surface area contributed by atoms with Crippen LogP contribution in [0.4, 0.5) is 4.79 Å². The summed E-state index contributed by atoms with van der Waals surface area (Å²) in [5.74, 6) is -0.569. The van der Waals surface area contributed by atoms with Gasteiger partial charge in [-0.1, -0.05) is 48.5 Å². The first-order valence-electron chi connectivity index (χ1n) is 13.1. The van der Waals surface area contributed by atoms with Crippen molar-refractivity contribution < 1.29 is 28.5 Å². The molecule has 4 heterocycles. The number of pyridine rings is 1. The van der Waals surface area contributed by atoms with Gasteiger partial charge in [0.05, 0.1) is 26.4 Å². The van der Waals surface area contributed by atoms with E-state index in [1.54, 1.807) is 27.1 Å². The predicted molar refractivity (Wildman–Crippen MR) is 151 cm³/mol. The maximum absolute atomic E-state index is 14.0. The van der Waals surface area contributed by atoms with E-state index in [-0.39, 0.29) is 30.0 Å². The number of hydrogen-bond acceptors (Lipinski definition) is 9. The van der Waals surface area contributed by atoms with Crippen molar-refractivity contribution in [2.24, 2.45) is 0 Å². The lowest BCUT2D eigenvalue weighted by Gasteiger charge is -2.51. The third-order valence-electron chi connectivity index (χ3n) is 7.68. The molecule has 3 aliphatic rings. The van der Waals surface area contributed by atoms with Crippen molar-refractivity contribution in [1.29, 1.82) is 0 Å². The lowest BCUT2D eigenvalue weighted by atomic mass is 9.92. The molecular weight excluding hydrogens is 546 g/mol. The number of methoxy groups -OCH3 is 1. The molecule has 1 fully saturated rings. The number of fused-ring (bicyclic) bond motifs is 7. The highest BCUT2D eigenvalue weighted by Crippen LogP contribution is 2.49. The van der Waals surface area contributed by atoms with Crippen LogP contribution in [0.2, 0.25) is 0 Å². The van der Waals surface area contributed by atoms with Gasteiger partial charge in [0.25, 0.3) is 5.91 Å². The smallest absolute Gasteiger partial charge is 0.451 e. The number of hydrogen-bond donors (Lipinski definition) is 0. The Bertz CT molecular complexity index is 1670. The van der Waals surface area contributed by atoms with Crippen molar-refractivity contribution in [3.63, 3.8) is 0 Å². The predicted octanol–water partition coefficient (Wildman–Crippen LogP) is 4.22. The highest BCUT2D eigenvalue weighted by Gasteiger charge is 2.46. The minimum absolute atomic E-state index is 0.0538. The molecule has 0 spiro atoms. The molecular formula is C30H25N3O7S. The Balaban J connectivity index is 1.46. The summed E-state index contributed by atoms with van der Waals surface area (Å²) in [5.41, 5.74) is 5.00. The van der Waals surface area contributed by atoms with Crippen LogP contribution in [0, 0.1) is 0 Å². The molecule has 0 saturated carbocycles. The van der Waals surface area contributed by atoms with Gasteiger partial charge in [0.15, 0.2) is 5.69 Å². The Morgan fingerprint density at radius 3 is 2.56 bits per heavy atom. The zero-order valence-electron chi connectivity index (χ0n) is 22.0. The number of rotatable bonds is 4. The van der Waals surface area contributed by atoms with Crippen molar-refractivity contribution in [3.8, 4) is 27.3 Å². The first-order valence-corrected chi connectivity index (χ1v) is 14.0. The molecule has 2 atom stereocenters. The molecule has 7 rings (SSSR count). The van der Waals surface area contributed by atoms with Crippen LogP contribution in [0.3, 0.4) is 0 Å². The maximum atomic E-state index is 14.0. The Morgan fingerprint density at radius 1 is 1.00 bits per heavy atom. The van der Waals surface area contributed by atoms with Crippen LogP contribution in [-0.4, -0.2) is 61.5 Å². The average molecular weight is 572 g/mol. The molecule has 0 bridgehead atoms. The van der Waals surface area contributed by atoms with Crippen LogP contribution in [0.5, 0.6) is 5.75 Å². The number of carbonyl (C=O) groups is 2. The third-order valence-corrected chi connectivity index (χ3v) is 8.63. The van der Waals surface area contributed by atoms with Crippen LogP contribution < -0.4 is 15.2 Å². The molecule has 10 nitrogen and oxygen atoms in total. The molecule has 2 aromatic heterocycles. The summed E-state index contributed by atoms with van der Waals surface area (Å²) in [6, 6.07) is 19.7. The Hall–Kier alpha value is -4.61. The molecule has 11 heteroatoms. The van der Waals surface area contributed by atoms with E-state index in [9.17, 15) is 14.4 Å². The lowest BCUT2D eigenvalue weighted by molar-refractivity contribution is -0.0208. The van der Waals surface area contributed by atoms with E-state index in [1.807, 2.05) is 24.3 Å². The van der Waals surface area contributed by atoms with Crippen LogP contribution in [-0.2, 0) is 14.2 Å². The molecule has 1 amide bonds. The van der Waals surface area contributed by atoms with Gasteiger partial charge >= 0.3 is 6.16 Å². The Labute approximate surface area is 238 Å². The van der Waals surface area contributed by atoms with Gasteiger partial charge in [-0.25, -0.2) is 4.79 Å². The van der Waals surface area contributed by atoms with Gasteiger partial charge in [0.1, 0.15) is 6.17 Å². The summed E-state index contributed by atoms with van der Waals surface area (Å²) in [7, 11) is 1.17. The first kappa shape index (κ1) is 25.4. The first-order chi connectivity index (χ1) is 20.1. The van der Waals surface area contributed by atoms with Crippen molar-refractivity contribution in [3.05, 3.63) is 99.3 Å². The van der Waals surface area contributed by atoms with Crippen molar-refractivity contribution in [1.82, 2.24) is 9.58 Å². The molecule has 0 unspecified atom stereocenters. The monoisotopic (exact) mass is 571 g/mol. The van der Waals surface area contributed by atoms with Crippen LogP contribution in [0.15, 0.2) is 77.0 Å². The molecule has 1 saturated heterocycles. The minimum Gasteiger partial charge on any atom is -0.451 e. The zero-order valence-corrected chi connectivity index (χ0v) is 22.8. The van der Waals surface area contributed by atoms with E-state index < -0.39 is 24.5 Å². The van der Waals surface area contributed by atoms with Gasteiger partial charge in [0.2, 0.25) is 18.0 Å². The van der Waals surface area contributed by atoms with Gasteiger partial charge in [-0.2, -0.15) is 0 Å². The van der Waals surface area contributed by atoms with Gasteiger partial charge in [0, 0.05) is 29.2 Å². The summed E-state index contributed by atoms with van der Waals surface area (Å²) in [6.07, 6.45) is 0.171. The number of thiophene rings is 1.